The second kappa shape index (κ2) is 3.34. The van der Waals surface area contributed by atoms with Crippen molar-refractivity contribution in [3.05, 3.63) is 24.0 Å². The Balaban J connectivity index is 2.93. The molecule has 3 heteroatoms. The van der Waals surface area contributed by atoms with Gasteiger partial charge in [-0.25, -0.2) is 0 Å². The lowest BCUT2D eigenvalue weighted by Crippen LogP contribution is -2.11. The molecule has 0 aliphatic heterocycles. The van der Waals surface area contributed by atoms with Gasteiger partial charge in [0.25, 0.3) is 0 Å². The lowest BCUT2D eigenvalue weighted by atomic mass is 10.1. The maximum Gasteiger partial charge on any atom is 0.0393 e. The Morgan fingerprint density at radius 2 is 2.36 bits per heavy atom. The Morgan fingerprint density at radius 3 is 2.91 bits per heavy atom. The molecule has 1 unspecified atom stereocenters. The molecule has 0 aliphatic rings. The third-order valence-electron chi connectivity index (χ3n) is 1.73. The molecule has 0 bridgehead atoms. The summed E-state index contributed by atoms with van der Waals surface area (Å²) in [5, 5.41) is 0. The quantitative estimate of drug-likeness (QED) is 0.664. The minimum absolute atomic E-state index is 0.0173. The number of hydrogen-bond donors (Lipinski definition) is 2. The summed E-state index contributed by atoms with van der Waals surface area (Å²) in [6.07, 6.45) is 4.28. The summed E-state index contributed by atoms with van der Waals surface area (Å²) in [6, 6.07) is 1.79. The minimum atomic E-state index is 0.0173. The fourth-order valence-corrected chi connectivity index (χ4v) is 0.947. The maximum atomic E-state index is 5.78. The van der Waals surface area contributed by atoms with Crippen molar-refractivity contribution < 1.29 is 0 Å². The predicted molar refractivity (Wildman–Crippen MR) is 45.9 cm³/mol. The number of anilines is 1. The second-order valence-corrected chi connectivity index (χ2v) is 2.52. The second-order valence-electron chi connectivity index (χ2n) is 2.52. The minimum Gasteiger partial charge on any atom is -0.398 e. The zero-order valence-electron chi connectivity index (χ0n) is 6.62. The number of nitrogens with zero attached hydrogens (tertiary/aromatic N) is 1. The molecule has 1 aromatic heterocycles. The Morgan fingerprint density at radius 1 is 1.64 bits per heavy atom. The number of nitrogen functional groups attached to an aromatic ring is 1. The Labute approximate surface area is 66.4 Å². The fourth-order valence-electron chi connectivity index (χ4n) is 0.947. The van der Waals surface area contributed by atoms with E-state index in [2.05, 4.69) is 4.98 Å². The topological polar surface area (TPSA) is 64.9 Å². The SMILES string of the molecule is CCC(N)c1cnccc1N. The van der Waals surface area contributed by atoms with Gasteiger partial charge < -0.3 is 11.5 Å². The van der Waals surface area contributed by atoms with E-state index < -0.39 is 0 Å². The largest absolute Gasteiger partial charge is 0.398 e. The van der Waals surface area contributed by atoms with Crippen LogP contribution >= 0.6 is 0 Å². The molecule has 0 saturated carbocycles. The van der Waals surface area contributed by atoms with Crippen LogP contribution in [-0.4, -0.2) is 4.98 Å². The highest BCUT2D eigenvalue weighted by molar-refractivity contribution is 5.45. The summed E-state index contributed by atoms with van der Waals surface area (Å²) in [5.41, 5.74) is 13.1. The van der Waals surface area contributed by atoms with Crippen LogP contribution in [0, 0.1) is 0 Å². The van der Waals surface area contributed by atoms with Crippen molar-refractivity contribution >= 4 is 5.69 Å². The van der Waals surface area contributed by atoms with E-state index in [1.807, 2.05) is 6.92 Å². The summed E-state index contributed by atoms with van der Waals surface area (Å²) in [7, 11) is 0. The third-order valence-corrected chi connectivity index (χ3v) is 1.73. The molecule has 0 amide bonds. The molecule has 0 aliphatic carbocycles. The van der Waals surface area contributed by atoms with E-state index in [-0.39, 0.29) is 6.04 Å². The van der Waals surface area contributed by atoms with Gasteiger partial charge in [0.2, 0.25) is 0 Å². The molecule has 0 radical (unpaired) electrons. The van der Waals surface area contributed by atoms with Gasteiger partial charge in [0, 0.05) is 29.7 Å². The number of aromatic nitrogens is 1. The molecule has 0 spiro atoms. The van der Waals surface area contributed by atoms with Gasteiger partial charge in [-0.3, -0.25) is 4.98 Å². The summed E-state index contributed by atoms with van der Waals surface area (Å²) in [6.45, 7) is 2.02. The van der Waals surface area contributed by atoms with Crippen LogP contribution in [0.3, 0.4) is 0 Å². The van der Waals surface area contributed by atoms with Gasteiger partial charge in [-0.1, -0.05) is 6.92 Å². The summed E-state index contributed by atoms with van der Waals surface area (Å²) >= 11 is 0. The van der Waals surface area contributed by atoms with Crippen LogP contribution in [0.5, 0.6) is 0 Å². The van der Waals surface area contributed by atoms with E-state index in [0.717, 1.165) is 17.7 Å². The molecule has 1 heterocycles. The molecule has 0 fully saturated rings. The Hall–Kier alpha value is -1.09. The first-order valence-electron chi connectivity index (χ1n) is 3.70. The van der Waals surface area contributed by atoms with Crippen molar-refractivity contribution in [3.8, 4) is 0 Å². The van der Waals surface area contributed by atoms with E-state index in [1.54, 1.807) is 18.5 Å². The van der Waals surface area contributed by atoms with Gasteiger partial charge in [-0.2, -0.15) is 0 Å². The summed E-state index contributed by atoms with van der Waals surface area (Å²) < 4.78 is 0. The highest BCUT2D eigenvalue weighted by atomic mass is 14.7. The van der Waals surface area contributed by atoms with E-state index in [4.69, 9.17) is 11.5 Å². The van der Waals surface area contributed by atoms with Gasteiger partial charge in [0.1, 0.15) is 0 Å². The van der Waals surface area contributed by atoms with Crippen LogP contribution in [-0.2, 0) is 0 Å². The molecular weight excluding hydrogens is 138 g/mol. The average molecular weight is 151 g/mol. The number of rotatable bonds is 2. The first-order valence-corrected chi connectivity index (χ1v) is 3.70. The first-order chi connectivity index (χ1) is 5.25. The van der Waals surface area contributed by atoms with Gasteiger partial charge in [0.05, 0.1) is 0 Å². The molecular formula is C8H13N3. The van der Waals surface area contributed by atoms with Crippen molar-refractivity contribution in [2.24, 2.45) is 5.73 Å². The van der Waals surface area contributed by atoms with Crippen LogP contribution in [0.4, 0.5) is 5.69 Å². The van der Waals surface area contributed by atoms with Crippen LogP contribution in [0.15, 0.2) is 18.5 Å². The molecule has 11 heavy (non-hydrogen) atoms. The van der Waals surface area contributed by atoms with E-state index in [1.165, 1.54) is 0 Å². The normalized spacial score (nSPS) is 12.9. The molecule has 1 atom stereocenters. The monoisotopic (exact) mass is 151 g/mol. The van der Waals surface area contributed by atoms with Crippen LogP contribution in [0.1, 0.15) is 24.9 Å². The smallest absolute Gasteiger partial charge is 0.0393 e. The molecule has 0 aromatic carbocycles. The molecule has 60 valence electrons. The Kier molecular flexibility index (Phi) is 2.44. The standard InChI is InChI=1S/C8H13N3/c1-2-7(9)6-5-11-4-3-8(6)10/h3-5,7H,2,9H2,1H3,(H2,10,11). The van der Waals surface area contributed by atoms with Crippen molar-refractivity contribution in [2.75, 3.05) is 5.73 Å². The summed E-state index contributed by atoms with van der Waals surface area (Å²) in [5.74, 6) is 0. The van der Waals surface area contributed by atoms with Gasteiger partial charge in [0.15, 0.2) is 0 Å². The van der Waals surface area contributed by atoms with Crippen LogP contribution in [0.25, 0.3) is 0 Å². The van der Waals surface area contributed by atoms with Crippen molar-refractivity contribution in [1.29, 1.82) is 0 Å². The predicted octanol–water partition coefficient (Wildman–Crippen LogP) is 1.07. The van der Waals surface area contributed by atoms with E-state index in [0.29, 0.717) is 0 Å². The zero-order valence-corrected chi connectivity index (χ0v) is 6.62. The zero-order chi connectivity index (χ0) is 8.27. The lowest BCUT2D eigenvalue weighted by Gasteiger charge is -2.10. The van der Waals surface area contributed by atoms with E-state index in [9.17, 15) is 0 Å². The van der Waals surface area contributed by atoms with Crippen molar-refractivity contribution in [1.82, 2.24) is 4.98 Å². The third kappa shape index (κ3) is 1.68. The van der Waals surface area contributed by atoms with Crippen molar-refractivity contribution in [3.63, 3.8) is 0 Å². The molecule has 4 N–H and O–H groups in total. The molecule has 1 rings (SSSR count). The lowest BCUT2D eigenvalue weighted by molar-refractivity contribution is 0.697. The molecule has 0 saturated heterocycles. The number of hydrogen-bond acceptors (Lipinski definition) is 3. The van der Waals surface area contributed by atoms with Gasteiger partial charge in [-0.05, 0) is 12.5 Å². The number of pyridine rings is 1. The number of nitrogens with two attached hydrogens (primary N) is 2. The van der Waals surface area contributed by atoms with Crippen LogP contribution < -0.4 is 11.5 Å². The highest BCUT2D eigenvalue weighted by Crippen LogP contribution is 2.18. The van der Waals surface area contributed by atoms with Crippen molar-refractivity contribution in [2.45, 2.75) is 19.4 Å². The van der Waals surface area contributed by atoms with Gasteiger partial charge in [-0.15, -0.1) is 0 Å². The molecule has 3 nitrogen and oxygen atoms in total. The van der Waals surface area contributed by atoms with E-state index >= 15 is 0 Å². The summed E-state index contributed by atoms with van der Waals surface area (Å²) in [4.78, 5) is 3.95. The van der Waals surface area contributed by atoms with Gasteiger partial charge >= 0.3 is 0 Å². The average Bonchev–Trinajstić information content (AvgIpc) is 2.04. The fraction of sp³-hybridized carbons (Fsp3) is 0.375. The van der Waals surface area contributed by atoms with Crippen LogP contribution in [0.2, 0.25) is 0 Å². The maximum absolute atomic E-state index is 5.78. The molecule has 1 aromatic rings. The first kappa shape index (κ1) is 8.01. The highest BCUT2D eigenvalue weighted by Gasteiger charge is 2.05. The Bertz CT molecular complexity index is 235.